The predicted octanol–water partition coefficient (Wildman–Crippen LogP) is 2.71. The molecular weight excluding hydrogens is 334 g/mol. The molecule has 0 unspecified atom stereocenters. The van der Waals surface area contributed by atoms with Crippen molar-refractivity contribution in [2.75, 3.05) is 7.11 Å². The summed E-state index contributed by atoms with van der Waals surface area (Å²) >= 11 is 0. The number of hydrogen-bond donors (Lipinski definition) is 1. The van der Waals surface area contributed by atoms with Crippen LogP contribution in [0.25, 0.3) is 0 Å². The molecule has 6 heteroatoms. The summed E-state index contributed by atoms with van der Waals surface area (Å²) in [4.78, 5) is 24.5. The van der Waals surface area contributed by atoms with E-state index >= 15 is 0 Å². The van der Waals surface area contributed by atoms with E-state index in [1.54, 1.807) is 30.3 Å². The Labute approximate surface area is 152 Å². The summed E-state index contributed by atoms with van der Waals surface area (Å²) in [6.45, 7) is 3.65. The minimum atomic E-state index is -0.805. The lowest BCUT2D eigenvalue weighted by atomic mass is 10.0. The fourth-order valence-corrected chi connectivity index (χ4v) is 2.80. The van der Waals surface area contributed by atoms with Crippen molar-refractivity contribution in [2.45, 2.75) is 32.1 Å². The molecule has 1 N–H and O–H groups in total. The fourth-order valence-electron chi connectivity index (χ4n) is 2.80. The van der Waals surface area contributed by atoms with Crippen molar-refractivity contribution in [3.8, 4) is 11.5 Å². The van der Waals surface area contributed by atoms with Gasteiger partial charge in [-0.05, 0) is 29.8 Å². The second-order valence-corrected chi connectivity index (χ2v) is 6.50. The Bertz CT molecular complexity index is 816. The number of carbonyl (C=O) groups is 2. The fraction of sp³-hybridized carbons (Fsp3) is 0.300. The molecule has 0 radical (unpaired) electrons. The van der Waals surface area contributed by atoms with Crippen LogP contribution in [0.2, 0.25) is 0 Å². The summed E-state index contributed by atoms with van der Waals surface area (Å²) in [5.41, 5.74) is 1.31. The molecule has 0 fully saturated rings. The van der Waals surface area contributed by atoms with Crippen molar-refractivity contribution in [3.63, 3.8) is 0 Å². The van der Waals surface area contributed by atoms with Crippen LogP contribution in [0.3, 0.4) is 0 Å². The van der Waals surface area contributed by atoms with E-state index in [9.17, 15) is 9.59 Å². The Kier molecular flexibility index (Phi) is 4.84. The first kappa shape index (κ1) is 17.8. The summed E-state index contributed by atoms with van der Waals surface area (Å²) in [7, 11) is 1.30. The molecule has 1 heterocycles. The van der Waals surface area contributed by atoms with Gasteiger partial charge in [0.1, 0.15) is 6.04 Å². The average molecular weight is 355 g/mol. The molecule has 1 amide bonds. The smallest absolute Gasteiger partial charge is 0.328 e. The number of esters is 1. The first-order valence-electron chi connectivity index (χ1n) is 8.32. The zero-order valence-corrected chi connectivity index (χ0v) is 14.9. The highest BCUT2D eigenvalue weighted by atomic mass is 16.7. The molecular formula is C20H21NO5. The third-order valence-corrected chi connectivity index (χ3v) is 3.99. The van der Waals surface area contributed by atoms with Gasteiger partial charge in [0.15, 0.2) is 11.5 Å². The molecule has 1 aliphatic rings. The standard InChI is InChI=1S/C20H21NO5/c1-20(2)25-16-10-9-13(12-17(16)26-20)11-15(19(23)24-3)21-18(22)14-7-5-4-6-8-14/h4-10,12,15H,11H2,1-3H3,(H,21,22)/t15-/m0/s1. The zero-order chi connectivity index (χ0) is 18.7. The van der Waals surface area contributed by atoms with Crippen molar-refractivity contribution >= 4 is 11.9 Å². The van der Waals surface area contributed by atoms with E-state index in [-0.39, 0.29) is 12.3 Å². The Morgan fingerprint density at radius 1 is 1.08 bits per heavy atom. The summed E-state index contributed by atoms with van der Waals surface area (Å²) in [6, 6.07) is 13.4. The number of carbonyl (C=O) groups excluding carboxylic acids is 2. The van der Waals surface area contributed by atoms with Gasteiger partial charge in [-0.3, -0.25) is 4.79 Å². The molecule has 2 aromatic rings. The largest absolute Gasteiger partial charge is 0.467 e. The van der Waals surface area contributed by atoms with Gasteiger partial charge in [-0.2, -0.15) is 0 Å². The van der Waals surface area contributed by atoms with E-state index in [0.29, 0.717) is 17.1 Å². The lowest BCUT2D eigenvalue weighted by molar-refractivity contribution is -0.142. The van der Waals surface area contributed by atoms with Crippen LogP contribution in [0.4, 0.5) is 0 Å². The van der Waals surface area contributed by atoms with Crippen LogP contribution in [0, 0.1) is 0 Å². The van der Waals surface area contributed by atoms with Gasteiger partial charge in [-0.15, -0.1) is 0 Å². The van der Waals surface area contributed by atoms with Gasteiger partial charge < -0.3 is 19.5 Å². The lowest BCUT2D eigenvalue weighted by Crippen LogP contribution is -2.43. The zero-order valence-electron chi connectivity index (χ0n) is 14.9. The topological polar surface area (TPSA) is 73.9 Å². The van der Waals surface area contributed by atoms with Gasteiger partial charge in [0.05, 0.1) is 7.11 Å². The number of amides is 1. The van der Waals surface area contributed by atoms with Crippen LogP contribution < -0.4 is 14.8 Å². The molecule has 26 heavy (non-hydrogen) atoms. The number of nitrogens with one attached hydrogen (secondary N) is 1. The van der Waals surface area contributed by atoms with E-state index in [1.807, 2.05) is 32.0 Å². The van der Waals surface area contributed by atoms with Crippen LogP contribution in [-0.2, 0) is 16.0 Å². The quantitative estimate of drug-likeness (QED) is 0.835. The first-order chi connectivity index (χ1) is 12.4. The van der Waals surface area contributed by atoms with Gasteiger partial charge in [-0.1, -0.05) is 24.3 Å². The number of rotatable bonds is 5. The van der Waals surface area contributed by atoms with Crippen LogP contribution in [0.15, 0.2) is 48.5 Å². The van der Waals surface area contributed by atoms with Crippen molar-refractivity contribution in [2.24, 2.45) is 0 Å². The molecule has 0 bridgehead atoms. The highest BCUT2D eigenvalue weighted by molar-refractivity contribution is 5.96. The number of fused-ring (bicyclic) bond motifs is 1. The van der Waals surface area contributed by atoms with E-state index in [0.717, 1.165) is 5.56 Å². The lowest BCUT2D eigenvalue weighted by Gasteiger charge is -2.17. The monoisotopic (exact) mass is 355 g/mol. The maximum absolute atomic E-state index is 12.4. The van der Waals surface area contributed by atoms with Crippen LogP contribution in [-0.4, -0.2) is 30.8 Å². The minimum absolute atomic E-state index is 0.280. The van der Waals surface area contributed by atoms with Crippen LogP contribution in [0.5, 0.6) is 11.5 Å². The van der Waals surface area contributed by atoms with E-state index in [2.05, 4.69) is 5.32 Å². The van der Waals surface area contributed by atoms with Crippen LogP contribution >= 0.6 is 0 Å². The molecule has 0 spiro atoms. The Morgan fingerprint density at radius 3 is 2.46 bits per heavy atom. The van der Waals surface area contributed by atoms with Crippen molar-refractivity contribution in [1.82, 2.24) is 5.32 Å². The molecule has 136 valence electrons. The molecule has 6 nitrogen and oxygen atoms in total. The minimum Gasteiger partial charge on any atom is -0.467 e. The molecule has 3 rings (SSSR count). The Hall–Kier alpha value is -3.02. The average Bonchev–Trinajstić information content (AvgIpc) is 2.94. The van der Waals surface area contributed by atoms with Crippen molar-refractivity contribution < 1.29 is 23.8 Å². The SMILES string of the molecule is COC(=O)[C@H](Cc1ccc2c(c1)OC(C)(C)O2)NC(=O)c1ccccc1. The molecule has 0 aromatic heterocycles. The first-order valence-corrected chi connectivity index (χ1v) is 8.32. The van der Waals surface area contributed by atoms with Crippen molar-refractivity contribution in [1.29, 1.82) is 0 Å². The van der Waals surface area contributed by atoms with Gasteiger partial charge in [0.2, 0.25) is 5.79 Å². The molecule has 1 atom stereocenters. The van der Waals surface area contributed by atoms with E-state index in [1.165, 1.54) is 7.11 Å². The second kappa shape index (κ2) is 7.07. The third kappa shape index (κ3) is 3.96. The highest BCUT2D eigenvalue weighted by Gasteiger charge is 2.32. The summed E-state index contributed by atoms with van der Waals surface area (Å²) in [6.07, 6.45) is 0.280. The number of methoxy groups -OCH3 is 1. The molecule has 0 saturated carbocycles. The van der Waals surface area contributed by atoms with Gasteiger partial charge >= 0.3 is 5.97 Å². The third-order valence-electron chi connectivity index (χ3n) is 3.99. The Morgan fingerprint density at radius 2 is 1.77 bits per heavy atom. The maximum atomic E-state index is 12.4. The van der Waals surface area contributed by atoms with E-state index < -0.39 is 17.8 Å². The van der Waals surface area contributed by atoms with Crippen molar-refractivity contribution in [3.05, 3.63) is 59.7 Å². The predicted molar refractivity (Wildman–Crippen MR) is 95.2 cm³/mol. The second-order valence-electron chi connectivity index (χ2n) is 6.50. The van der Waals surface area contributed by atoms with Crippen LogP contribution in [0.1, 0.15) is 29.8 Å². The van der Waals surface area contributed by atoms with Gasteiger partial charge in [0.25, 0.3) is 5.91 Å². The molecule has 0 saturated heterocycles. The highest BCUT2D eigenvalue weighted by Crippen LogP contribution is 2.39. The summed E-state index contributed by atoms with van der Waals surface area (Å²) in [5.74, 6) is -0.285. The number of benzene rings is 2. The molecule has 0 aliphatic carbocycles. The maximum Gasteiger partial charge on any atom is 0.328 e. The molecule has 1 aliphatic heterocycles. The molecule has 2 aromatic carbocycles. The summed E-state index contributed by atoms with van der Waals surface area (Å²) in [5, 5.41) is 2.73. The van der Waals surface area contributed by atoms with Gasteiger partial charge in [-0.25, -0.2) is 4.79 Å². The van der Waals surface area contributed by atoms with E-state index in [4.69, 9.17) is 14.2 Å². The number of ether oxygens (including phenoxy) is 3. The summed E-state index contributed by atoms with van der Waals surface area (Å²) < 4.78 is 16.2. The number of hydrogen-bond acceptors (Lipinski definition) is 5. The Balaban J connectivity index is 1.76. The van der Waals surface area contributed by atoms with Gasteiger partial charge in [0, 0.05) is 25.8 Å². The normalized spacial score (nSPS) is 15.2.